The Morgan fingerprint density at radius 3 is 2.69 bits per heavy atom. The molecule has 0 aromatic heterocycles. The molecule has 2 aliphatic rings. The van der Waals surface area contributed by atoms with Crippen LogP contribution in [0.1, 0.15) is 33.1 Å². The summed E-state index contributed by atoms with van der Waals surface area (Å²) in [5.41, 5.74) is 0. The topological polar surface area (TPSA) is 24.5 Å². The molecule has 3 heteroatoms. The molecule has 0 aromatic rings. The molecular formula is C13H26N2O. The van der Waals surface area contributed by atoms with Crippen molar-refractivity contribution in [3.63, 3.8) is 0 Å². The van der Waals surface area contributed by atoms with Gasteiger partial charge in [-0.2, -0.15) is 0 Å². The molecule has 0 spiro atoms. The van der Waals surface area contributed by atoms with Crippen LogP contribution < -0.4 is 5.32 Å². The van der Waals surface area contributed by atoms with Crippen LogP contribution in [-0.4, -0.2) is 49.8 Å². The predicted molar refractivity (Wildman–Crippen MR) is 66.6 cm³/mol. The lowest BCUT2D eigenvalue weighted by Gasteiger charge is -2.22. The second-order valence-corrected chi connectivity index (χ2v) is 5.52. The van der Waals surface area contributed by atoms with Gasteiger partial charge in [0.1, 0.15) is 0 Å². The molecule has 1 heterocycles. The van der Waals surface area contributed by atoms with Gasteiger partial charge in [0.25, 0.3) is 0 Å². The van der Waals surface area contributed by atoms with E-state index in [4.69, 9.17) is 4.74 Å². The highest BCUT2D eigenvalue weighted by Crippen LogP contribution is 2.31. The molecule has 0 amide bonds. The molecule has 3 unspecified atom stereocenters. The standard InChI is InChI=1S/C13H26N2O/c1-10(11(2)16-3)14-8-12-6-7-15(9-12)13-4-5-13/h10-14H,4-9H2,1-3H3. The second-order valence-electron chi connectivity index (χ2n) is 5.52. The van der Waals surface area contributed by atoms with Crippen molar-refractivity contribution in [2.75, 3.05) is 26.7 Å². The molecule has 0 aromatic carbocycles. The van der Waals surface area contributed by atoms with Crippen molar-refractivity contribution in [3.8, 4) is 0 Å². The number of ether oxygens (including phenoxy) is 1. The highest BCUT2D eigenvalue weighted by atomic mass is 16.5. The van der Waals surface area contributed by atoms with E-state index in [1.165, 1.54) is 32.4 Å². The zero-order valence-corrected chi connectivity index (χ0v) is 10.9. The molecule has 1 saturated heterocycles. The fourth-order valence-corrected chi connectivity index (χ4v) is 2.52. The predicted octanol–water partition coefficient (Wildman–Crippen LogP) is 1.48. The summed E-state index contributed by atoms with van der Waals surface area (Å²) in [6.45, 7) is 8.12. The van der Waals surface area contributed by atoms with Gasteiger partial charge in [-0.05, 0) is 52.1 Å². The molecule has 0 bridgehead atoms. The fraction of sp³-hybridized carbons (Fsp3) is 1.00. The maximum absolute atomic E-state index is 5.32. The lowest BCUT2D eigenvalue weighted by molar-refractivity contribution is 0.0873. The Labute approximate surface area is 99.5 Å². The first-order valence-corrected chi connectivity index (χ1v) is 6.71. The van der Waals surface area contributed by atoms with E-state index in [0.717, 1.165) is 18.5 Å². The SMILES string of the molecule is COC(C)C(C)NCC1CCN(C2CC2)C1. The van der Waals surface area contributed by atoms with Gasteiger partial charge in [-0.15, -0.1) is 0 Å². The number of hydrogen-bond donors (Lipinski definition) is 1. The minimum Gasteiger partial charge on any atom is -0.380 e. The van der Waals surface area contributed by atoms with Gasteiger partial charge in [0.05, 0.1) is 6.10 Å². The van der Waals surface area contributed by atoms with Crippen molar-refractivity contribution in [2.24, 2.45) is 5.92 Å². The van der Waals surface area contributed by atoms with E-state index >= 15 is 0 Å². The van der Waals surface area contributed by atoms with Crippen LogP contribution in [0, 0.1) is 5.92 Å². The smallest absolute Gasteiger partial charge is 0.0693 e. The molecule has 2 fully saturated rings. The van der Waals surface area contributed by atoms with Crippen molar-refractivity contribution >= 4 is 0 Å². The largest absolute Gasteiger partial charge is 0.380 e. The van der Waals surface area contributed by atoms with Gasteiger partial charge in [-0.25, -0.2) is 0 Å². The third-order valence-electron chi connectivity index (χ3n) is 4.18. The van der Waals surface area contributed by atoms with Crippen LogP contribution in [0.3, 0.4) is 0 Å². The summed E-state index contributed by atoms with van der Waals surface area (Å²) in [5, 5.41) is 3.60. The average molecular weight is 226 g/mol. The Bertz CT molecular complexity index is 218. The van der Waals surface area contributed by atoms with Gasteiger partial charge in [0.15, 0.2) is 0 Å². The number of rotatable bonds is 6. The molecule has 0 radical (unpaired) electrons. The third kappa shape index (κ3) is 3.19. The molecule has 1 N–H and O–H groups in total. The molecule has 94 valence electrons. The van der Waals surface area contributed by atoms with Crippen LogP contribution in [0.2, 0.25) is 0 Å². The van der Waals surface area contributed by atoms with Gasteiger partial charge in [-0.1, -0.05) is 0 Å². The maximum Gasteiger partial charge on any atom is 0.0693 e. The molecular weight excluding hydrogens is 200 g/mol. The number of nitrogens with zero attached hydrogens (tertiary/aromatic N) is 1. The van der Waals surface area contributed by atoms with Crippen molar-refractivity contribution in [1.82, 2.24) is 10.2 Å². The summed E-state index contributed by atoms with van der Waals surface area (Å²) < 4.78 is 5.32. The lowest BCUT2D eigenvalue weighted by atomic mass is 10.1. The van der Waals surface area contributed by atoms with E-state index < -0.39 is 0 Å². The number of methoxy groups -OCH3 is 1. The summed E-state index contributed by atoms with van der Waals surface area (Å²) in [6, 6.07) is 1.40. The Morgan fingerprint density at radius 1 is 1.31 bits per heavy atom. The fourth-order valence-electron chi connectivity index (χ4n) is 2.52. The quantitative estimate of drug-likeness (QED) is 0.742. The lowest BCUT2D eigenvalue weighted by Crippen LogP contribution is -2.40. The van der Waals surface area contributed by atoms with Crippen LogP contribution in [0.15, 0.2) is 0 Å². The summed E-state index contributed by atoms with van der Waals surface area (Å²) in [4.78, 5) is 2.68. The maximum atomic E-state index is 5.32. The van der Waals surface area contributed by atoms with E-state index in [2.05, 4.69) is 24.1 Å². The monoisotopic (exact) mass is 226 g/mol. The average Bonchev–Trinajstić information content (AvgIpc) is 3.05. The summed E-state index contributed by atoms with van der Waals surface area (Å²) in [5.74, 6) is 0.854. The molecule has 1 aliphatic heterocycles. The molecule has 1 aliphatic carbocycles. The minimum atomic E-state index is 0.306. The Morgan fingerprint density at radius 2 is 2.06 bits per heavy atom. The zero-order valence-electron chi connectivity index (χ0n) is 10.9. The first-order chi connectivity index (χ1) is 7.70. The summed E-state index contributed by atoms with van der Waals surface area (Å²) in [7, 11) is 1.78. The third-order valence-corrected chi connectivity index (χ3v) is 4.18. The van der Waals surface area contributed by atoms with Gasteiger partial charge in [0, 0.05) is 25.7 Å². The van der Waals surface area contributed by atoms with Gasteiger partial charge in [0.2, 0.25) is 0 Å². The molecule has 2 rings (SSSR count). The molecule has 3 atom stereocenters. The first-order valence-electron chi connectivity index (χ1n) is 6.71. The van der Waals surface area contributed by atoms with Crippen LogP contribution in [0.4, 0.5) is 0 Å². The van der Waals surface area contributed by atoms with Crippen molar-refractivity contribution in [2.45, 2.75) is 51.3 Å². The molecule has 1 saturated carbocycles. The van der Waals surface area contributed by atoms with E-state index in [9.17, 15) is 0 Å². The van der Waals surface area contributed by atoms with E-state index in [1.807, 2.05) is 0 Å². The highest BCUT2D eigenvalue weighted by Gasteiger charge is 2.34. The first kappa shape index (κ1) is 12.3. The number of nitrogens with one attached hydrogen (secondary N) is 1. The van der Waals surface area contributed by atoms with Crippen LogP contribution in [0.5, 0.6) is 0 Å². The van der Waals surface area contributed by atoms with Gasteiger partial charge < -0.3 is 15.0 Å². The van der Waals surface area contributed by atoms with Crippen molar-refractivity contribution in [1.29, 1.82) is 0 Å². The van der Waals surface area contributed by atoms with Gasteiger partial charge in [-0.3, -0.25) is 0 Å². The summed E-state index contributed by atoms with van der Waals surface area (Å²) >= 11 is 0. The molecule has 3 nitrogen and oxygen atoms in total. The van der Waals surface area contributed by atoms with E-state index in [0.29, 0.717) is 12.1 Å². The van der Waals surface area contributed by atoms with Gasteiger partial charge >= 0.3 is 0 Å². The van der Waals surface area contributed by atoms with E-state index in [-0.39, 0.29) is 0 Å². The Hall–Kier alpha value is -0.120. The zero-order chi connectivity index (χ0) is 11.5. The highest BCUT2D eigenvalue weighted by molar-refractivity contribution is 4.90. The number of likely N-dealkylation sites (tertiary alicyclic amines) is 1. The Balaban J connectivity index is 1.63. The van der Waals surface area contributed by atoms with Crippen LogP contribution >= 0.6 is 0 Å². The van der Waals surface area contributed by atoms with Crippen LogP contribution in [0.25, 0.3) is 0 Å². The summed E-state index contributed by atoms with van der Waals surface area (Å²) in [6.07, 6.45) is 4.56. The van der Waals surface area contributed by atoms with Crippen molar-refractivity contribution < 1.29 is 4.74 Å². The number of hydrogen-bond acceptors (Lipinski definition) is 3. The van der Waals surface area contributed by atoms with Crippen LogP contribution in [-0.2, 0) is 4.74 Å². The van der Waals surface area contributed by atoms with Crippen molar-refractivity contribution in [3.05, 3.63) is 0 Å². The second kappa shape index (κ2) is 5.48. The normalized spacial score (nSPS) is 30.6. The van der Waals surface area contributed by atoms with E-state index in [1.54, 1.807) is 7.11 Å². The minimum absolute atomic E-state index is 0.306. The Kier molecular flexibility index (Phi) is 4.22. The molecule has 16 heavy (non-hydrogen) atoms.